The minimum Gasteiger partial charge on any atom is -0.497 e. The summed E-state index contributed by atoms with van der Waals surface area (Å²) < 4.78 is 5.27. The number of nitrogens with zero attached hydrogens (tertiary/aromatic N) is 2. The second-order valence-corrected chi connectivity index (χ2v) is 8.77. The number of carbonyl (C=O) groups excluding carboxylic acids is 1. The van der Waals surface area contributed by atoms with Gasteiger partial charge < -0.3 is 25.3 Å². The summed E-state index contributed by atoms with van der Waals surface area (Å²) in [6.45, 7) is 6.47. The number of carbonyl (C=O) groups is 1. The Kier molecular flexibility index (Phi) is 6.95. The van der Waals surface area contributed by atoms with Crippen LogP contribution in [0.3, 0.4) is 0 Å². The molecule has 0 bridgehead atoms. The summed E-state index contributed by atoms with van der Waals surface area (Å²) in [5, 5.41) is 6.34. The van der Waals surface area contributed by atoms with Gasteiger partial charge in [-0.3, -0.25) is 0 Å². The van der Waals surface area contributed by atoms with Crippen LogP contribution in [0.25, 0.3) is 11.0 Å². The van der Waals surface area contributed by atoms with Crippen LogP contribution in [-0.2, 0) is 6.42 Å². The molecule has 7 heteroatoms. The van der Waals surface area contributed by atoms with Crippen molar-refractivity contribution in [1.82, 2.24) is 25.5 Å². The molecule has 1 aromatic heterocycles. The highest BCUT2D eigenvalue weighted by atomic mass is 16.5. The van der Waals surface area contributed by atoms with Crippen LogP contribution >= 0.6 is 0 Å². The van der Waals surface area contributed by atoms with Crippen molar-refractivity contribution in [2.75, 3.05) is 20.2 Å². The number of aromatic amines is 1. The summed E-state index contributed by atoms with van der Waals surface area (Å²) in [6, 6.07) is 16.2. The van der Waals surface area contributed by atoms with Gasteiger partial charge in [-0.1, -0.05) is 24.3 Å². The maximum atomic E-state index is 12.9. The molecule has 0 spiro atoms. The quantitative estimate of drug-likeness (QED) is 0.523. The van der Waals surface area contributed by atoms with Gasteiger partial charge in [0.15, 0.2) is 0 Å². The van der Waals surface area contributed by atoms with Crippen LogP contribution in [0.4, 0.5) is 4.79 Å². The standard InChI is InChI=1S/C25H33N5O2/c1-17(2)30-14-12-19(13-15-30)26-25(31)29-23(16-18-8-10-20(32-3)11-9-18)24-27-21-6-4-5-7-22(21)28-24/h4-11,17,19,23H,12-16H2,1-3H3,(H,27,28)(H2,26,29,31). The third-order valence-corrected chi connectivity index (χ3v) is 6.24. The first kappa shape index (κ1) is 22.1. The molecule has 1 unspecified atom stereocenters. The molecule has 0 saturated carbocycles. The van der Waals surface area contributed by atoms with E-state index < -0.39 is 0 Å². The van der Waals surface area contributed by atoms with Crippen molar-refractivity contribution in [3.63, 3.8) is 0 Å². The molecule has 1 atom stereocenters. The van der Waals surface area contributed by atoms with Crippen molar-refractivity contribution in [2.45, 2.75) is 51.2 Å². The molecule has 2 aromatic carbocycles. The molecular formula is C25H33N5O2. The van der Waals surface area contributed by atoms with Crippen molar-refractivity contribution in [3.05, 3.63) is 59.9 Å². The Bertz CT molecular complexity index is 989. The van der Waals surface area contributed by atoms with E-state index in [4.69, 9.17) is 9.72 Å². The number of aromatic nitrogens is 2. The van der Waals surface area contributed by atoms with Crippen molar-refractivity contribution in [1.29, 1.82) is 0 Å². The van der Waals surface area contributed by atoms with E-state index in [1.54, 1.807) is 7.11 Å². The predicted molar refractivity (Wildman–Crippen MR) is 127 cm³/mol. The number of methoxy groups -OCH3 is 1. The van der Waals surface area contributed by atoms with Gasteiger partial charge in [-0.15, -0.1) is 0 Å². The number of urea groups is 1. The van der Waals surface area contributed by atoms with Crippen LogP contribution in [0, 0.1) is 0 Å². The number of hydrogen-bond donors (Lipinski definition) is 3. The first-order valence-electron chi connectivity index (χ1n) is 11.4. The number of rotatable bonds is 7. The molecule has 3 N–H and O–H groups in total. The minimum absolute atomic E-state index is 0.146. The smallest absolute Gasteiger partial charge is 0.315 e. The average Bonchev–Trinajstić information content (AvgIpc) is 3.24. The summed E-state index contributed by atoms with van der Waals surface area (Å²) in [5.41, 5.74) is 2.96. The second-order valence-electron chi connectivity index (χ2n) is 8.77. The fourth-order valence-corrected chi connectivity index (χ4v) is 4.30. The van der Waals surface area contributed by atoms with E-state index >= 15 is 0 Å². The van der Waals surface area contributed by atoms with Crippen molar-refractivity contribution >= 4 is 17.1 Å². The van der Waals surface area contributed by atoms with Crippen LogP contribution in [-0.4, -0.2) is 53.2 Å². The first-order valence-corrected chi connectivity index (χ1v) is 11.4. The van der Waals surface area contributed by atoms with E-state index in [0.717, 1.165) is 54.1 Å². The Hall–Kier alpha value is -3.06. The number of likely N-dealkylation sites (tertiary alicyclic amines) is 1. The maximum absolute atomic E-state index is 12.9. The largest absolute Gasteiger partial charge is 0.497 e. The zero-order valence-corrected chi connectivity index (χ0v) is 19.1. The predicted octanol–water partition coefficient (Wildman–Crippen LogP) is 4.03. The number of amides is 2. The van der Waals surface area contributed by atoms with E-state index in [0.29, 0.717) is 12.5 Å². The Morgan fingerprint density at radius 2 is 1.88 bits per heavy atom. The molecule has 32 heavy (non-hydrogen) atoms. The number of piperidine rings is 1. The Labute approximate surface area is 189 Å². The molecule has 2 heterocycles. The van der Waals surface area contributed by atoms with Gasteiger partial charge in [-0.05, 0) is 62.9 Å². The molecular weight excluding hydrogens is 402 g/mol. The lowest BCUT2D eigenvalue weighted by molar-refractivity contribution is 0.160. The highest BCUT2D eigenvalue weighted by Crippen LogP contribution is 2.22. The summed E-state index contributed by atoms with van der Waals surface area (Å²) in [7, 11) is 1.66. The number of imidazole rings is 1. The number of H-pyrrole nitrogens is 1. The first-order chi connectivity index (χ1) is 15.5. The molecule has 170 valence electrons. The topological polar surface area (TPSA) is 82.3 Å². The summed E-state index contributed by atoms with van der Waals surface area (Å²) >= 11 is 0. The summed E-state index contributed by atoms with van der Waals surface area (Å²) in [5.74, 6) is 1.57. The molecule has 2 amide bonds. The molecule has 0 radical (unpaired) electrons. The summed E-state index contributed by atoms with van der Waals surface area (Å²) in [4.78, 5) is 23.5. The summed E-state index contributed by atoms with van der Waals surface area (Å²) in [6.07, 6.45) is 2.57. The normalized spacial score (nSPS) is 16.2. The van der Waals surface area contributed by atoms with Crippen LogP contribution in [0.15, 0.2) is 48.5 Å². The third-order valence-electron chi connectivity index (χ3n) is 6.24. The number of hydrogen-bond acceptors (Lipinski definition) is 4. The monoisotopic (exact) mass is 435 g/mol. The number of nitrogens with one attached hydrogen (secondary N) is 3. The maximum Gasteiger partial charge on any atom is 0.315 e. The van der Waals surface area contributed by atoms with Crippen molar-refractivity contribution < 1.29 is 9.53 Å². The fraction of sp³-hybridized carbons (Fsp3) is 0.440. The van der Waals surface area contributed by atoms with Gasteiger partial charge >= 0.3 is 6.03 Å². The molecule has 1 aliphatic heterocycles. The van der Waals surface area contributed by atoms with Gasteiger partial charge in [0.05, 0.1) is 24.2 Å². The molecule has 7 nitrogen and oxygen atoms in total. The number of benzene rings is 2. The van der Waals surface area contributed by atoms with Crippen molar-refractivity contribution in [2.24, 2.45) is 0 Å². The van der Waals surface area contributed by atoms with Gasteiger partial charge in [-0.2, -0.15) is 0 Å². The Morgan fingerprint density at radius 1 is 1.16 bits per heavy atom. The highest BCUT2D eigenvalue weighted by molar-refractivity contribution is 5.76. The molecule has 1 saturated heterocycles. The highest BCUT2D eigenvalue weighted by Gasteiger charge is 2.24. The van der Waals surface area contributed by atoms with Gasteiger partial charge in [0.1, 0.15) is 11.6 Å². The van der Waals surface area contributed by atoms with E-state index in [1.807, 2.05) is 48.5 Å². The molecule has 1 fully saturated rings. The lowest BCUT2D eigenvalue weighted by Gasteiger charge is -2.35. The third kappa shape index (κ3) is 5.40. The zero-order valence-electron chi connectivity index (χ0n) is 19.1. The van der Waals surface area contributed by atoms with E-state index in [1.165, 1.54) is 0 Å². The van der Waals surface area contributed by atoms with Crippen LogP contribution in [0.2, 0.25) is 0 Å². The fourth-order valence-electron chi connectivity index (χ4n) is 4.30. The second kappa shape index (κ2) is 10.0. The SMILES string of the molecule is COc1ccc(CC(NC(=O)NC2CCN(C(C)C)CC2)c2nc3ccccc3[nH]2)cc1. The zero-order chi connectivity index (χ0) is 22.5. The van der Waals surface area contributed by atoms with E-state index in [2.05, 4.69) is 34.4 Å². The molecule has 0 aliphatic carbocycles. The van der Waals surface area contributed by atoms with Crippen LogP contribution in [0.1, 0.15) is 44.1 Å². The average molecular weight is 436 g/mol. The van der Waals surface area contributed by atoms with E-state index in [9.17, 15) is 4.79 Å². The number of fused-ring (bicyclic) bond motifs is 1. The number of ether oxygens (including phenoxy) is 1. The molecule has 3 aromatic rings. The van der Waals surface area contributed by atoms with Crippen LogP contribution in [0.5, 0.6) is 5.75 Å². The Morgan fingerprint density at radius 3 is 2.53 bits per heavy atom. The van der Waals surface area contributed by atoms with Gasteiger partial charge in [0.25, 0.3) is 0 Å². The minimum atomic E-state index is -0.272. The van der Waals surface area contributed by atoms with Gasteiger partial charge in [-0.25, -0.2) is 9.78 Å². The number of para-hydroxylation sites is 2. The van der Waals surface area contributed by atoms with Crippen LogP contribution < -0.4 is 15.4 Å². The van der Waals surface area contributed by atoms with Gasteiger partial charge in [0.2, 0.25) is 0 Å². The molecule has 4 rings (SSSR count). The van der Waals surface area contributed by atoms with Gasteiger partial charge in [0, 0.05) is 25.2 Å². The lowest BCUT2D eigenvalue weighted by atomic mass is 10.0. The lowest BCUT2D eigenvalue weighted by Crippen LogP contribution is -2.50. The Balaban J connectivity index is 1.46. The van der Waals surface area contributed by atoms with Crippen molar-refractivity contribution in [3.8, 4) is 5.75 Å². The van der Waals surface area contributed by atoms with E-state index in [-0.39, 0.29) is 18.1 Å². The molecule has 1 aliphatic rings.